The number of benzene rings is 4. The Hall–Kier alpha value is -1.66. The second kappa shape index (κ2) is 7.95. The summed E-state index contributed by atoms with van der Waals surface area (Å²) in [4.78, 5) is 0. The van der Waals surface area contributed by atoms with E-state index in [1.54, 1.807) is 33.4 Å². The Morgan fingerprint density at radius 3 is 1.45 bits per heavy atom. The van der Waals surface area contributed by atoms with Crippen molar-refractivity contribution in [1.29, 1.82) is 0 Å². The number of fused-ring (bicyclic) bond motifs is 11. The minimum atomic E-state index is -0.719. The second-order valence-corrected chi connectivity index (χ2v) is 13.2. The van der Waals surface area contributed by atoms with Gasteiger partial charge in [-0.3, -0.25) is 0 Å². The SMILES string of the molecule is Cl.Cl.c1ccc2c3c(ccc2c1)[CH]1[Zr][CH]2C4=C(CCC3=C1CC4)c1c2ccc2ccccc12. The Morgan fingerprint density at radius 2 is 0.970 bits per heavy atom. The van der Waals surface area contributed by atoms with Crippen molar-refractivity contribution in [3.63, 3.8) is 0 Å². The van der Waals surface area contributed by atoms with Crippen molar-refractivity contribution in [1.82, 2.24) is 0 Å². The standard InChI is InChI=1S/C30H22.2ClH.Zr/c1-3-7-25-19(5-1)9-13-23-17-21-11-12-22-18-24-14-10-20-6-2-4-8-26(20)30(24)28(22)16-15-27(21)29(23)25;;;/h1-10,13-14,17-18H,11-12,15-16H2;2*1H;. The molecule has 162 valence electrons. The molecular weight excluding hydrogens is 522 g/mol. The van der Waals surface area contributed by atoms with Crippen LogP contribution in [0.1, 0.15) is 55.2 Å². The average Bonchev–Trinajstić information content (AvgIpc) is 3.19. The van der Waals surface area contributed by atoms with Crippen LogP contribution in [0.4, 0.5) is 0 Å². The zero-order valence-electron chi connectivity index (χ0n) is 18.2. The molecular formula is C30H24Cl2Zr. The van der Waals surface area contributed by atoms with Crippen molar-refractivity contribution in [3.8, 4) is 0 Å². The van der Waals surface area contributed by atoms with E-state index in [0.29, 0.717) is 0 Å². The van der Waals surface area contributed by atoms with Crippen LogP contribution in [0.25, 0.3) is 32.7 Å². The van der Waals surface area contributed by atoms with Crippen molar-refractivity contribution in [2.75, 3.05) is 0 Å². The van der Waals surface area contributed by atoms with E-state index in [1.165, 1.54) is 47.2 Å². The molecule has 4 aromatic carbocycles. The van der Waals surface area contributed by atoms with Crippen LogP contribution < -0.4 is 0 Å². The topological polar surface area (TPSA) is 0 Å². The molecule has 4 aliphatic rings. The molecule has 4 aromatic rings. The fourth-order valence-electron chi connectivity index (χ4n) is 7.00. The summed E-state index contributed by atoms with van der Waals surface area (Å²) >= 11 is -0.719. The molecule has 1 fully saturated rings. The predicted octanol–water partition coefficient (Wildman–Crippen LogP) is 8.82. The molecule has 0 saturated carbocycles. The van der Waals surface area contributed by atoms with Crippen molar-refractivity contribution in [2.24, 2.45) is 0 Å². The Labute approximate surface area is 218 Å². The first kappa shape index (κ1) is 21.8. The van der Waals surface area contributed by atoms with Crippen LogP contribution in [0.2, 0.25) is 0 Å². The van der Waals surface area contributed by atoms with Crippen molar-refractivity contribution < 1.29 is 23.2 Å². The van der Waals surface area contributed by atoms with Crippen LogP contribution in [0.3, 0.4) is 0 Å². The summed E-state index contributed by atoms with van der Waals surface area (Å²) < 4.78 is 1.55. The number of hydrogen-bond donors (Lipinski definition) is 0. The van der Waals surface area contributed by atoms with Crippen LogP contribution in [-0.2, 0) is 23.2 Å². The molecule has 0 amide bonds. The molecule has 0 nitrogen and oxygen atoms in total. The maximum absolute atomic E-state index is 2.50. The van der Waals surface area contributed by atoms with Crippen molar-refractivity contribution >= 4 is 57.5 Å². The molecule has 2 unspecified atom stereocenters. The van der Waals surface area contributed by atoms with Gasteiger partial charge in [0, 0.05) is 0 Å². The molecule has 33 heavy (non-hydrogen) atoms. The Bertz CT molecular complexity index is 1410. The van der Waals surface area contributed by atoms with Gasteiger partial charge in [-0.05, 0) is 0 Å². The first-order valence-electron chi connectivity index (χ1n) is 11.6. The third-order valence-corrected chi connectivity index (χ3v) is 13.1. The van der Waals surface area contributed by atoms with Gasteiger partial charge in [-0.15, -0.1) is 24.8 Å². The average molecular weight is 547 g/mol. The van der Waals surface area contributed by atoms with Gasteiger partial charge in [0.1, 0.15) is 0 Å². The van der Waals surface area contributed by atoms with Gasteiger partial charge in [0.2, 0.25) is 0 Å². The van der Waals surface area contributed by atoms with Gasteiger partial charge in [0.15, 0.2) is 0 Å². The van der Waals surface area contributed by atoms with Gasteiger partial charge < -0.3 is 0 Å². The number of hydrogen-bond acceptors (Lipinski definition) is 0. The second-order valence-electron chi connectivity index (χ2n) is 9.54. The molecule has 0 radical (unpaired) electrons. The van der Waals surface area contributed by atoms with Crippen LogP contribution in [0, 0.1) is 0 Å². The zero-order chi connectivity index (χ0) is 20.1. The molecule has 0 aromatic heterocycles. The van der Waals surface area contributed by atoms with Crippen LogP contribution in [0.15, 0.2) is 83.9 Å². The van der Waals surface area contributed by atoms with Crippen LogP contribution in [-0.4, -0.2) is 0 Å². The Morgan fingerprint density at radius 1 is 0.515 bits per heavy atom. The Kier molecular flexibility index (Phi) is 5.26. The minimum absolute atomic E-state index is 0. The number of allylic oxidation sites excluding steroid dienone is 4. The van der Waals surface area contributed by atoms with Gasteiger partial charge in [-0.25, -0.2) is 0 Å². The normalized spacial score (nSPS) is 21.6. The first-order chi connectivity index (χ1) is 15.4. The summed E-state index contributed by atoms with van der Waals surface area (Å²) in [6.07, 6.45) is 5.04. The molecule has 3 heteroatoms. The Balaban J connectivity index is 0.00000103. The zero-order valence-corrected chi connectivity index (χ0v) is 22.3. The summed E-state index contributed by atoms with van der Waals surface area (Å²) in [6.45, 7) is 0. The molecule has 1 aliphatic heterocycles. The van der Waals surface area contributed by atoms with E-state index < -0.39 is 23.2 Å². The summed E-state index contributed by atoms with van der Waals surface area (Å²) in [5.74, 6) is 0. The molecule has 0 spiro atoms. The summed E-state index contributed by atoms with van der Waals surface area (Å²) in [7, 11) is 0. The van der Waals surface area contributed by atoms with E-state index in [0.717, 1.165) is 7.25 Å². The van der Waals surface area contributed by atoms with E-state index in [4.69, 9.17) is 0 Å². The van der Waals surface area contributed by atoms with Gasteiger partial charge in [0.25, 0.3) is 0 Å². The maximum atomic E-state index is 2.50. The van der Waals surface area contributed by atoms with E-state index in [2.05, 4.69) is 72.8 Å². The van der Waals surface area contributed by atoms with E-state index in [-0.39, 0.29) is 24.8 Å². The third kappa shape index (κ3) is 2.86. The third-order valence-electron chi connectivity index (χ3n) is 8.24. The predicted molar refractivity (Wildman–Crippen MR) is 140 cm³/mol. The molecule has 1 saturated heterocycles. The fraction of sp³-hybridized carbons (Fsp3) is 0.200. The molecule has 1 heterocycles. The van der Waals surface area contributed by atoms with Gasteiger partial charge in [-0.2, -0.15) is 0 Å². The van der Waals surface area contributed by atoms with Crippen molar-refractivity contribution in [3.05, 3.63) is 106 Å². The number of halogens is 2. The van der Waals surface area contributed by atoms with Gasteiger partial charge >= 0.3 is 195 Å². The van der Waals surface area contributed by atoms with E-state index in [9.17, 15) is 0 Å². The molecule has 2 bridgehead atoms. The monoisotopic (exact) mass is 544 g/mol. The molecule has 3 aliphatic carbocycles. The van der Waals surface area contributed by atoms with Crippen molar-refractivity contribution in [2.45, 2.75) is 32.9 Å². The molecule has 0 N–H and O–H groups in total. The molecule has 8 rings (SSSR count). The summed E-state index contributed by atoms with van der Waals surface area (Å²) in [5, 5.41) is 5.82. The van der Waals surface area contributed by atoms with E-state index in [1.807, 2.05) is 11.1 Å². The van der Waals surface area contributed by atoms with E-state index >= 15 is 0 Å². The molecule has 2 atom stereocenters. The van der Waals surface area contributed by atoms with Crippen LogP contribution >= 0.6 is 24.8 Å². The fourth-order valence-corrected chi connectivity index (χ4v) is 12.4. The number of rotatable bonds is 0. The quantitative estimate of drug-likeness (QED) is 0.207. The summed E-state index contributed by atoms with van der Waals surface area (Å²) in [6, 6.07) is 28.0. The first-order valence-corrected chi connectivity index (χ1v) is 14.5. The van der Waals surface area contributed by atoms with Crippen LogP contribution in [0.5, 0.6) is 0 Å². The summed E-state index contributed by atoms with van der Waals surface area (Å²) in [5.41, 5.74) is 13.8. The van der Waals surface area contributed by atoms with Gasteiger partial charge in [0.05, 0.1) is 0 Å². The van der Waals surface area contributed by atoms with Gasteiger partial charge in [-0.1, -0.05) is 0 Å².